The molecule has 0 spiro atoms. The fourth-order valence-electron chi connectivity index (χ4n) is 4.34. The molecule has 3 aromatic carbocycles. The molecule has 2 aliphatic heterocycles. The van der Waals surface area contributed by atoms with Gasteiger partial charge in [0.15, 0.2) is 16.6 Å². The molecule has 0 fully saturated rings. The van der Waals surface area contributed by atoms with E-state index in [-0.39, 0.29) is 10.8 Å². The zero-order valence-electron chi connectivity index (χ0n) is 18.6. The maximum Gasteiger partial charge on any atom is 0.264 e. The van der Waals surface area contributed by atoms with Crippen LogP contribution >= 0.6 is 11.3 Å². The molecule has 178 valence electrons. The van der Waals surface area contributed by atoms with Crippen LogP contribution in [0.3, 0.4) is 0 Å². The first-order valence-corrected chi connectivity index (χ1v) is 13.5. The number of sulfonamides is 1. The zero-order valence-corrected chi connectivity index (χ0v) is 20.2. The standard InChI is InChI=1S/C25H21N3O5S2/c29-24(27-25-26-19-14-21-22(15-23(19)34-25)33-13-12-32-21)17-7-9-18(10-8-17)35(30,31)28-11-3-5-16-4-1-2-6-20(16)28/h1-2,4,6-10,14-15H,3,5,11-13H2,(H,26,27,29). The van der Waals surface area contributed by atoms with Crippen LogP contribution in [0.5, 0.6) is 11.5 Å². The lowest BCUT2D eigenvalue weighted by Crippen LogP contribution is -2.35. The fourth-order valence-corrected chi connectivity index (χ4v) is 6.75. The Balaban J connectivity index is 1.22. The molecule has 0 atom stereocenters. The fraction of sp³-hybridized carbons (Fsp3) is 0.200. The summed E-state index contributed by atoms with van der Waals surface area (Å²) in [6.07, 6.45) is 1.62. The van der Waals surface area contributed by atoms with Crippen molar-refractivity contribution in [3.63, 3.8) is 0 Å². The summed E-state index contributed by atoms with van der Waals surface area (Å²) in [5, 5.41) is 3.24. The van der Waals surface area contributed by atoms with E-state index in [1.54, 1.807) is 6.07 Å². The summed E-state index contributed by atoms with van der Waals surface area (Å²) in [6, 6.07) is 17.2. The van der Waals surface area contributed by atoms with Crippen molar-refractivity contribution < 1.29 is 22.7 Å². The van der Waals surface area contributed by atoms with Crippen LogP contribution in [-0.2, 0) is 16.4 Å². The lowest BCUT2D eigenvalue weighted by molar-refractivity contribution is 0.102. The van der Waals surface area contributed by atoms with Gasteiger partial charge in [-0.15, -0.1) is 0 Å². The van der Waals surface area contributed by atoms with E-state index in [0.717, 1.165) is 23.1 Å². The van der Waals surface area contributed by atoms with Crippen molar-refractivity contribution >= 4 is 48.3 Å². The number of para-hydroxylation sites is 1. The number of ether oxygens (including phenoxy) is 2. The zero-order chi connectivity index (χ0) is 24.0. The molecule has 2 aliphatic rings. The molecular formula is C25H21N3O5S2. The van der Waals surface area contributed by atoms with Crippen molar-refractivity contribution in [1.82, 2.24) is 4.98 Å². The Hall–Kier alpha value is -3.63. The summed E-state index contributed by atoms with van der Waals surface area (Å²) < 4.78 is 40.2. The van der Waals surface area contributed by atoms with Gasteiger partial charge in [-0.3, -0.25) is 14.4 Å². The maximum absolute atomic E-state index is 13.3. The lowest BCUT2D eigenvalue weighted by atomic mass is 10.0. The summed E-state index contributed by atoms with van der Waals surface area (Å²) in [6.45, 7) is 1.41. The van der Waals surface area contributed by atoms with E-state index in [1.165, 1.54) is 39.9 Å². The first kappa shape index (κ1) is 21.9. The van der Waals surface area contributed by atoms with Crippen LogP contribution in [0, 0.1) is 0 Å². The monoisotopic (exact) mass is 507 g/mol. The average molecular weight is 508 g/mol. The maximum atomic E-state index is 13.3. The molecule has 0 unspecified atom stereocenters. The number of hydrogen-bond donors (Lipinski definition) is 1. The van der Waals surface area contributed by atoms with Crippen molar-refractivity contribution in [2.24, 2.45) is 0 Å². The number of carbonyl (C=O) groups is 1. The SMILES string of the molecule is O=C(Nc1nc2cc3c(cc2s1)OCCO3)c1ccc(S(=O)(=O)N2CCCc3ccccc32)cc1. The summed E-state index contributed by atoms with van der Waals surface area (Å²) in [5.74, 6) is 0.937. The van der Waals surface area contributed by atoms with Crippen LogP contribution in [0.1, 0.15) is 22.3 Å². The molecule has 1 aromatic heterocycles. The number of rotatable bonds is 4. The van der Waals surface area contributed by atoms with Crippen LogP contribution < -0.4 is 19.1 Å². The summed E-state index contributed by atoms with van der Waals surface area (Å²) in [7, 11) is -3.73. The first-order valence-electron chi connectivity index (χ1n) is 11.2. The number of hydrogen-bond acceptors (Lipinski definition) is 7. The predicted octanol–water partition coefficient (Wildman–Crippen LogP) is 4.46. The van der Waals surface area contributed by atoms with Crippen LogP contribution in [-0.4, -0.2) is 39.1 Å². The third-order valence-corrected chi connectivity index (χ3v) is 8.81. The largest absolute Gasteiger partial charge is 0.486 e. The molecule has 0 aliphatic carbocycles. The molecule has 4 aromatic rings. The lowest BCUT2D eigenvalue weighted by Gasteiger charge is -2.30. The molecular weight excluding hydrogens is 486 g/mol. The van der Waals surface area contributed by atoms with E-state index in [2.05, 4.69) is 10.3 Å². The molecule has 6 rings (SSSR count). The molecule has 0 bridgehead atoms. The van der Waals surface area contributed by atoms with E-state index in [0.29, 0.717) is 53.2 Å². The van der Waals surface area contributed by atoms with Gasteiger partial charge in [-0.25, -0.2) is 13.4 Å². The van der Waals surface area contributed by atoms with Crippen LogP contribution in [0.25, 0.3) is 10.2 Å². The van der Waals surface area contributed by atoms with E-state index >= 15 is 0 Å². The normalized spacial score (nSPS) is 15.0. The second kappa shape index (κ2) is 8.54. The number of amides is 1. The minimum Gasteiger partial charge on any atom is -0.486 e. The molecule has 0 radical (unpaired) electrons. The summed E-state index contributed by atoms with van der Waals surface area (Å²) in [4.78, 5) is 17.4. The Morgan fingerprint density at radius 2 is 1.74 bits per heavy atom. The Bertz CT molecular complexity index is 1500. The van der Waals surface area contributed by atoms with E-state index in [4.69, 9.17) is 9.47 Å². The van der Waals surface area contributed by atoms with Gasteiger partial charge in [0.05, 0.1) is 20.8 Å². The van der Waals surface area contributed by atoms with Crippen LogP contribution in [0.4, 0.5) is 10.8 Å². The molecule has 35 heavy (non-hydrogen) atoms. The third-order valence-electron chi connectivity index (χ3n) is 6.04. The summed E-state index contributed by atoms with van der Waals surface area (Å²) in [5.41, 5.74) is 2.79. The number of benzene rings is 3. The van der Waals surface area contributed by atoms with Crippen molar-refractivity contribution in [2.45, 2.75) is 17.7 Å². The van der Waals surface area contributed by atoms with Gasteiger partial charge >= 0.3 is 0 Å². The molecule has 0 saturated heterocycles. The average Bonchev–Trinajstić information content (AvgIpc) is 3.27. The number of nitrogens with zero attached hydrogens (tertiary/aromatic N) is 2. The van der Waals surface area contributed by atoms with Gasteiger partial charge in [-0.2, -0.15) is 0 Å². The second-order valence-electron chi connectivity index (χ2n) is 8.27. The minimum absolute atomic E-state index is 0.149. The number of anilines is 2. The van der Waals surface area contributed by atoms with Crippen molar-refractivity contribution in [2.75, 3.05) is 29.4 Å². The number of thiazole rings is 1. The van der Waals surface area contributed by atoms with Gasteiger partial charge in [0.2, 0.25) is 0 Å². The molecule has 1 N–H and O–H groups in total. The molecule has 1 amide bonds. The number of nitrogens with one attached hydrogen (secondary N) is 1. The van der Waals surface area contributed by atoms with Gasteiger partial charge in [0, 0.05) is 24.2 Å². The van der Waals surface area contributed by atoms with Gasteiger partial charge < -0.3 is 9.47 Å². The van der Waals surface area contributed by atoms with Crippen LogP contribution in [0.15, 0.2) is 65.6 Å². The Kier molecular flexibility index (Phi) is 5.34. The topological polar surface area (TPSA) is 97.8 Å². The van der Waals surface area contributed by atoms with Crippen molar-refractivity contribution in [3.05, 3.63) is 71.8 Å². The smallest absolute Gasteiger partial charge is 0.264 e. The summed E-state index contributed by atoms with van der Waals surface area (Å²) >= 11 is 1.33. The highest BCUT2D eigenvalue weighted by Gasteiger charge is 2.29. The first-order chi connectivity index (χ1) is 17.0. The van der Waals surface area contributed by atoms with Crippen molar-refractivity contribution in [1.29, 1.82) is 0 Å². The Morgan fingerprint density at radius 3 is 2.54 bits per heavy atom. The van der Waals surface area contributed by atoms with Gasteiger partial charge in [0.1, 0.15) is 13.2 Å². The highest BCUT2D eigenvalue weighted by atomic mass is 32.2. The number of aromatic nitrogens is 1. The number of aryl methyl sites for hydroxylation is 1. The van der Waals surface area contributed by atoms with Crippen LogP contribution in [0.2, 0.25) is 0 Å². The van der Waals surface area contributed by atoms with E-state index < -0.39 is 10.0 Å². The molecule has 0 saturated carbocycles. The third kappa shape index (κ3) is 3.98. The van der Waals surface area contributed by atoms with E-state index in [1.807, 2.05) is 30.3 Å². The minimum atomic E-state index is -3.73. The van der Waals surface area contributed by atoms with Gasteiger partial charge in [-0.1, -0.05) is 29.5 Å². The molecule has 10 heteroatoms. The Labute approximate surface area is 206 Å². The highest BCUT2D eigenvalue weighted by molar-refractivity contribution is 7.92. The highest BCUT2D eigenvalue weighted by Crippen LogP contribution is 2.38. The number of fused-ring (bicyclic) bond motifs is 3. The second-order valence-corrected chi connectivity index (χ2v) is 11.2. The molecule has 8 nitrogen and oxygen atoms in total. The quantitative estimate of drug-likeness (QED) is 0.438. The van der Waals surface area contributed by atoms with Crippen molar-refractivity contribution in [3.8, 4) is 11.5 Å². The Morgan fingerprint density at radius 1 is 1.00 bits per heavy atom. The van der Waals surface area contributed by atoms with Gasteiger partial charge in [0.25, 0.3) is 15.9 Å². The molecule has 3 heterocycles. The predicted molar refractivity (Wildman–Crippen MR) is 134 cm³/mol. The number of carbonyl (C=O) groups excluding carboxylic acids is 1. The van der Waals surface area contributed by atoms with E-state index in [9.17, 15) is 13.2 Å². The van der Waals surface area contributed by atoms with Gasteiger partial charge in [-0.05, 0) is 48.7 Å².